The van der Waals surface area contributed by atoms with Gasteiger partial charge in [-0.25, -0.2) is 13.6 Å². The lowest BCUT2D eigenvalue weighted by atomic mass is 9.93. The number of likely N-dealkylation sites (tertiary alicyclic amines) is 1. The van der Waals surface area contributed by atoms with Crippen LogP contribution >= 0.6 is 0 Å². The summed E-state index contributed by atoms with van der Waals surface area (Å²) in [6.45, 7) is 5.17. The van der Waals surface area contributed by atoms with Crippen LogP contribution in [0.3, 0.4) is 0 Å². The fourth-order valence-corrected chi connectivity index (χ4v) is 4.51. The van der Waals surface area contributed by atoms with Gasteiger partial charge in [0.15, 0.2) is 11.5 Å². The highest BCUT2D eigenvalue weighted by atomic mass is 32.2. The minimum Gasteiger partial charge on any atom is -0.486 e. The van der Waals surface area contributed by atoms with E-state index in [1.807, 2.05) is 13.0 Å². The average Bonchev–Trinajstić information content (AvgIpc) is 2.69. The Balaban J connectivity index is 1.47. The second kappa shape index (κ2) is 9.95. The van der Waals surface area contributed by atoms with Gasteiger partial charge in [-0.3, -0.25) is 4.79 Å². The largest absolute Gasteiger partial charge is 0.486 e. The number of amides is 1. The Kier molecular flexibility index (Phi) is 7.56. The molecule has 4 N–H and O–H groups in total. The number of aryl methyl sites for hydroxylation is 1. The van der Waals surface area contributed by atoms with E-state index in [0.717, 1.165) is 25.1 Å². The molecule has 2 atom stereocenters. The number of piperidine rings is 1. The molecule has 1 amide bonds. The minimum atomic E-state index is -3.42. The number of carbonyl (C=O) groups excluding carboxylic acids is 1. The van der Waals surface area contributed by atoms with Crippen LogP contribution in [0.5, 0.6) is 11.5 Å². The Morgan fingerprint density at radius 1 is 1.30 bits per heavy atom. The highest BCUT2D eigenvalue weighted by molar-refractivity contribution is 7.89. The van der Waals surface area contributed by atoms with Crippen LogP contribution in [0.25, 0.3) is 0 Å². The number of primary sulfonamides is 1. The summed E-state index contributed by atoms with van der Waals surface area (Å²) in [5.74, 6) is 0.766. The summed E-state index contributed by atoms with van der Waals surface area (Å²) in [7, 11) is -3.42. The first-order valence-electron chi connectivity index (χ1n) is 10.3. The number of aliphatic hydroxyl groups is 1. The molecule has 10 heteroatoms. The molecule has 1 aromatic carbocycles. The van der Waals surface area contributed by atoms with E-state index >= 15 is 0 Å². The van der Waals surface area contributed by atoms with Gasteiger partial charge < -0.3 is 24.8 Å². The molecule has 30 heavy (non-hydrogen) atoms. The lowest BCUT2D eigenvalue weighted by molar-refractivity contribution is 0.0217. The van der Waals surface area contributed by atoms with Crippen LogP contribution < -0.4 is 19.9 Å². The van der Waals surface area contributed by atoms with Crippen molar-refractivity contribution in [2.24, 2.45) is 11.1 Å². The van der Waals surface area contributed by atoms with Crippen LogP contribution in [0, 0.1) is 12.8 Å². The zero-order valence-electron chi connectivity index (χ0n) is 17.3. The number of unbranched alkanes of at least 4 members (excludes halogenated alkanes) is 1. The van der Waals surface area contributed by atoms with Crippen LogP contribution in [0.1, 0.15) is 35.2 Å². The molecule has 2 unspecified atom stereocenters. The molecule has 1 saturated heterocycles. The van der Waals surface area contributed by atoms with Crippen LogP contribution in [0.15, 0.2) is 12.1 Å². The number of aliphatic hydroxyl groups excluding tert-OH is 1. The molecule has 0 aliphatic carbocycles. The molecule has 3 rings (SSSR count). The topological polar surface area (TPSA) is 131 Å². The lowest BCUT2D eigenvalue weighted by Crippen LogP contribution is -2.47. The van der Waals surface area contributed by atoms with Gasteiger partial charge in [-0.2, -0.15) is 0 Å². The molecule has 2 aliphatic rings. The second-order valence-electron chi connectivity index (χ2n) is 8.04. The lowest BCUT2D eigenvalue weighted by Gasteiger charge is -2.36. The van der Waals surface area contributed by atoms with Gasteiger partial charge in [0.25, 0.3) is 5.91 Å². The minimum absolute atomic E-state index is 0.0184. The normalized spacial score (nSPS) is 22.0. The fraction of sp³-hybridized carbons (Fsp3) is 0.650. The quantitative estimate of drug-likeness (QED) is 0.493. The van der Waals surface area contributed by atoms with Crippen molar-refractivity contribution in [3.05, 3.63) is 23.3 Å². The number of benzene rings is 1. The third-order valence-corrected chi connectivity index (χ3v) is 6.37. The molecule has 0 spiro atoms. The monoisotopic (exact) mass is 441 g/mol. The maximum absolute atomic E-state index is 12.7. The predicted octanol–water partition coefficient (Wildman–Crippen LogP) is 0.248. The second-order valence-corrected chi connectivity index (χ2v) is 9.77. The van der Waals surface area contributed by atoms with E-state index < -0.39 is 16.1 Å². The number of rotatable bonds is 8. The van der Waals surface area contributed by atoms with Crippen molar-refractivity contribution in [3.8, 4) is 11.5 Å². The first-order chi connectivity index (χ1) is 14.2. The molecule has 0 bridgehead atoms. The standard InChI is InChI=1S/C20H31N3O6S/c1-14-10-16(19-18(11-14)28-7-8-29-19)20(25)22-12-15-4-6-23(13-17(15)24)5-2-3-9-30(21,26)27/h10-11,15,17,24H,2-9,12-13H2,1H3,(H,22,25)(H2,21,26,27). The molecule has 2 aliphatic heterocycles. The maximum Gasteiger partial charge on any atom is 0.255 e. The number of hydrogen-bond donors (Lipinski definition) is 3. The first kappa shape index (κ1) is 22.8. The number of β-amino-alcohol motifs (C(OH)–C–C–N with tert-alkyl or cyclic N) is 1. The van der Waals surface area contributed by atoms with Crippen molar-refractivity contribution in [1.29, 1.82) is 0 Å². The molecule has 1 aromatic rings. The summed E-state index contributed by atoms with van der Waals surface area (Å²) in [4.78, 5) is 14.9. The number of nitrogens with zero attached hydrogens (tertiary/aromatic N) is 1. The fourth-order valence-electron chi connectivity index (χ4n) is 3.90. The van der Waals surface area contributed by atoms with Gasteiger partial charge in [-0.1, -0.05) is 0 Å². The van der Waals surface area contributed by atoms with Crippen molar-refractivity contribution in [3.63, 3.8) is 0 Å². The molecular weight excluding hydrogens is 410 g/mol. The number of carbonyl (C=O) groups is 1. The summed E-state index contributed by atoms with van der Waals surface area (Å²) in [6, 6.07) is 3.64. The molecule has 0 saturated carbocycles. The highest BCUT2D eigenvalue weighted by Gasteiger charge is 2.28. The van der Waals surface area contributed by atoms with Gasteiger partial charge in [0, 0.05) is 19.0 Å². The Labute approximate surface area is 177 Å². The van der Waals surface area contributed by atoms with E-state index in [9.17, 15) is 18.3 Å². The van der Waals surface area contributed by atoms with Crippen LogP contribution in [0.4, 0.5) is 0 Å². The average molecular weight is 442 g/mol. The Bertz CT molecular complexity index is 860. The number of ether oxygens (including phenoxy) is 2. The molecule has 168 valence electrons. The van der Waals surface area contributed by atoms with E-state index in [4.69, 9.17) is 14.6 Å². The first-order valence-corrected chi connectivity index (χ1v) is 12.0. The van der Waals surface area contributed by atoms with E-state index in [1.165, 1.54) is 0 Å². The Morgan fingerprint density at radius 3 is 2.80 bits per heavy atom. The van der Waals surface area contributed by atoms with E-state index in [2.05, 4.69) is 10.2 Å². The molecule has 9 nitrogen and oxygen atoms in total. The van der Waals surface area contributed by atoms with Gasteiger partial charge in [0.1, 0.15) is 13.2 Å². The van der Waals surface area contributed by atoms with Gasteiger partial charge in [0.05, 0.1) is 17.4 Å². The van der Waals surface area contributed by atoms with Crippen LogP contribution in [0.2, 0.25) is 0 Å². The van der Waals surface area contributed by atoms with Gasteiger partial charge in [0.2, 0.25) is 10.0 Å². The van der Waals surface area contributed by atoms with Crippen LogP contribution in [-0.4, -0.2) is 75.6 Å². The molecule has 0 radical (unpaired) electrons. The molecule has 1 fully saturated rings. The summed E-state index contributed by atoms with van der Waals surface area (Å²) < 4.78 is 33.2. The van der Waals surface area contributed by atoms with Crippen molar-refractivity contribution in [1.82, 2.24) is 10.2 Å². The molecular formula is C20H31N3O6S. The van der Waals surface area contributed by atoms with Gasteiger partial charge in [-0.15, -0.1) is 0 Å². The number of nitrogens with one attached hydrogen (secondary N) is 1. The SMILES string of the molecule is Cc1cc2c(c(C(=O)NCC3CCN(CCCCS(N)(=O)=O)CC3O)c1)OCCO2. The predicted molar refractivity (Wildman–Crippen MR) is 112 cm³/mol. The zero-order chi connectivity index (χ0) is 21.7. The Hall–Kier alpha value is -1.88. The number of sulfonamides is 1. The smallest absolute Gasteiger partial charge is 0.255 e. The number of fused-ring (bicyclic) bond motifs is 1. The zero-order valence-corrected chi connectivity index (χ0v) is 18.1. The number of hydrogen-bond acceptors (Lipinski definition) is 7. The van der Waals surface area contributed by atoms with Crippen molar-refractivity contribution < 1.29 is 27.8 Å². The maximum atomic E-state index is 12.7. The van der Waals surface area contributed by atoms with Crippen LogP contribution in [-0.2, 0) is 10.0 Å². The van der Waals surface area contributed by atoms with Crippen molar-refractivity contribution in [2.45, 2.75) is 32.3 Å². The Morgan fingerprint density at radius 2 is 2.07 bits per heavy atom. The molecule has 0 aromatic heterocycles. The van der Waals surface area contributed by atoms with Gasteiger partial charge in [-0.05, 0) is 57.0 Å². The van der Waals surface area contributed by atoms with Crippen molar-refractivity contribution >= 4 is 15.9 Å². The van der Waals surface area contributed by atoms with E-state index in [-0.39, 0.29) is 17.6 Å². The summed E-state index contributed by atoms with van der Waals surface area (Å²) in [5, 5.41) is 18.4. The van der Waals surface area contributed by atoms with E-state index in [1.54, 1.807) is 6.07 Å². The van der Waals surface area contributed by atoms with Gasteiger partial charge >= 0.3 is 0 Å². The third kappa shape index (κ3) is 6.31. The molecule has 2 heterocycles. The highest BCUT2D eigenvalue weighted by Crippen LogP contribution is 2.35. The summed E-state index contributed by atoms with van der Waals surface area (Å²) in [5.41, 5.74) is 1.37. The van der Waals surface area contributed by atoms with E-state index in [0.29, 0.717) is 56.2 Å². The summed E-state index contributed by atoms with van der Waals surface area (Å²) >= 11 is 0. The third-order valence-electron chi connectivity index (χ3n) is 5.51. The van der Waals surface area contributed by atoms with Crippen molar-refractivity contribution in [2.75, 3.05) is 45.1 Å². The summed E-state index contributed by atoms with van der Waals surface area (Å²) in [6.07, 6.45) is 1.42. The number of nitrogens with two attached hydrogens (primary N) is 1.